The lowest BCUT2D eigenvalue weighted by Gasteiger charge is -2.19. The Balaban J connectivity index is 2.52. The number of nitrogens with zero attached hydrogens (tertiary/aromatic N) is 1. The largest absolute Gasteiger partial charge is 0.326 e. The summed E-state index contributed by atoms with van der Waals surface area (Å²) in [5.41, 5.74) is 1.99. The molecule has 0 radical (unpaired) electrons. The van der Waals surface area contributed by atoms with Crippen LogP contribution in [0.25, 0.3) is 0 Å². The lowest BCUT2D eigenvalue weighted by molar-refractivity contribution is -0.118. The number of hydrogen-bond donors (Lipinski definition) is 2. The van der Waals surface area contributed by atoms with Gasteiger partial charge < -0.3 is 15.6 Å². The van der Waals surface area contributed by atoms with Crippen molar-refractivity contribution < 1.29 is 9.59 Å². The summed E-state index contributed by atoms with van der Waals surface area (Å²) >= 11 is 1.59. The highest BCUT2D eigenvalue weighted by Crippen LogP contribution is 2.37. The molecule has 0 aliphatic carbocycles. The van der Waals surface area contributed by atoms with Gasteiger partial charge in [0.1, 0.15) is 0 Å². The maximum atomic E-state index is 11.8. The first-order valence-electron chi connectivity index (χ1n) is 5.88. The predicted octanol–water partition coefficient (Wildman–Crippen LogP) is 2.10. The van der Waals surface area contributed by atoms with E-state index in [9.17, 15) is 9.59 Å². The van der Waals surface area contributed by atoms with Gasteiger partial charge in [0.25, 0.3) is 0 Å². The third-order valence-electron chi connectivity index (χ3n) is 2.91. The molecule has 0 spiro atoms. The Morgan fingerprint density at radius 1 is 1.53 bits per heavy atom. The van der Waals surface area contributed by atoms with Crippen LogP contribution in [0.15, 0.2) is 17.0 Å². The van der Waals surface area contributed by atoms with Gasteiger partial charge in [-0.2, -0.15) is 0 Å². The molecule has 0 aromatic heterocycles. The number of fused-ring (bicyclic) bond motifs is 1. The van der Waals surface area contributed by atoms with Crippen molar-refractivity contribution in [2.45, 2.75) is 18.2 Å². The molecule has 2 amide bonds. The van der Waals surface area contributed by atoms with Crippen LogP contribution in [0, 0.1) is 5.41 Å². The highest BCUT2D eigenvalue weighted by atomic mass is 32.2. The first kappa shape index (κ1) is 13.6. The average molecular weight is 277 g/mol. The fraction of sp³-hybridized carbons (Fsp3) is 0.308. The number of benzene rings is 1. The van der Waals surface area contributed by atoms with E-state index in [1.54, 1.807) is 29.8 Å². The Hall–Kier alpha value is -1.82. The molecule has 0 fully saturated rings. The number of hydrogen-bond acceptors (Lipinski definition) is 4. The maximum Gasteiger partial charge on any atom is 0.227 e. The molecule has 0 bridgehead atoms. The van der Waals surface area contributed by atoms with Gasteiger partial charge in [-0.15, -0.1) is 11.8 Å². The van der Waals surface area contributed by atoms with Gasteiger partial charge in [-0.25, -0.2) is 0 Å². The number of thioether (sulfide) groups is 1. The van der Waals surface area contributed by atoms with Crippen molar-refractivity contribution >= 4 is 41.2 Å². The SMILES string of the molecule is CC(=O)Nc1cc2c(cc1C=N)N(C)C(=O)CCS2. The summed E-state index contributed by atoms with van der Waals surface area (Å²) in [6, 6.07) is 3.60. The summed E-state index contributed by atoms with van der Waals surface area (Å²) in [6.45, 7) is 1.43. The Labute approximate surface area is 115 Å². The van der Waals surface area contributed by atoms with Crippen LogP contribution in [0.5, 0.6) is 0 Å². The number of carbonyl (C=O) groups is 2. The summed E-state index contributed by atoms with van der Waals surface area (Å²) in [6.07, 6.45) is 1.67. The fourth-order valence-electron chi connectivity index (χ4n) is 1.93. The van der Waals surface area contributed by atoms with Gasteiger partial charge in [-0.1, -0.05) is 0 Å². The van der Waals surface area contributed by atoms with Crippen molar-refractivity contribution in [2.75, 3.05) is 23.0 Å². The van der Waals surface area contributed by atoms with E-state index in [-0.39, 0.29) is 11.8 Å². The molecule has 1 aliphatic heterocycles. The van der Waals surface area contributed by atoms with Crippen LogP contribution in [-0.4, -0.2) is 30.8 Å². The van der Waals surface area contributed by atoms with E-state index in [1.807, 2.05) is 6.07 Å². The highest BCUT2D eigenvalue weighted by molar-refractivity contribution is 7.99. The highest BCUT2D eigenvalue weighted by Gasteiger charge is 2.21. The minimum Gasteiger partial charge on any atom is -0.326 e. The Kier molecular flexibility index (Phi) is 3.90. The lowest BCUT2D eigenvalue weighted by atomic mass is 10.1. The minimum absolute atomic E-state index is 0.0643. The Morgan fingerprint density at radius 2 is 2.26 bits per heavy atom. The summed E-state index contributed by atoms with van der Waals surface area (Å²) in [5, 5.41) is 10.1. The van der Waals surface area contributed by atoms with E-state index in [0.717, 1.165) is 16.3 Å². The lowest BCUT2D eigenvalue weighted by Crippen LogP contribution is -2.25. The van der Waals surface area contributed by atoms with Crippen LogP contribution in [0.4, 0.5) is 11.4 Å². The smallest absolute Gasteiger partial charge is 0.227 e. The summed E-state index contributed by atoms with van der Waals surface area (Å²) < 4.78 is 0. The Morgan fingerprint density at radius 3 is 2.89 bits per heavy atom. The number of rotatable bonds is 2. The second-order valence-corrected chi connectivity index (χ2v) is 5.42. The molecule has 19 heavy (non-hydrogen) atoms. The molecule has 0 unspecified atom stereocenters. The van der Waals surface area contributed by atoms with Crippen LogP contribution in [0.3, 0.4) is 0 Å². The van der Waals surface area contributed by atoms with Crippen molar-refractivity contribution in [3.05, 3.63) is 17.7 Å². The molecule has 0 saturated heterocycles. The van der Waals surface area contributed by atoms with Gasteiger partial charge in [-0.05, 0) is 12.1 Å². The van der Waals surface area contributed by atoms with Crippen LogP contribution in [0.2, 0.25) is 0 Å². The molecule has 6 heteroatoms. The molecule has 5 nitrogen and oxygen atoms in total. The summed E-state index contributed by atoms with van der Waals surface area (Å²) in [4.78, 5) is 25.6. The standard InChI is InChI=1S/C13H15N3O2S/c1-8(17)15-10-6-12-11(5-9(10)7-14)16(2)13(18)3-4-19-12/h5-7,14H,3-4H2,1-2H3,(H,15,17). The summed E-state index contributed by atoms with van der Waals surface area (Å²) in [5.74, 6) is 0.611. The first-order chi connectivity index (χ1) is 9.02. The van der Waals surface area contributed by atoms with Gasteiger partial charge in [0.05, 0.1) is 11.4 Å². The predicted molar refractivity (Wildman–Crippen MR) is 77.4 cm³/mol. The van der Waals surface area contributed by atoms with Crippen LogP contribution in [-0.2, 0) is 9.59 Å². The molecular weight excluding hydrogens is 262 g/mol. The van der Waals surface area contributed by atoms with Crippen LogP contribution in [0.1, 0.15) is 18.9 Å². The average Bonchev–Trinajstić information content (AvgIpc) is 2.49. The molecule has 1 heterocycles. The molecule has 0 atom stereocenters. The van der Waals surface area contributed by atoms with Crippen molar-refractivity contribution in [2.24, 2.45) is 0 Å². The number of carbonyl (C=O) groups excluding carboxylic acids is 2. The molecule has 2 rings (SSSR count). The van der Waals surface area contributed by atoms with Crippen molar-refractivity contribution in [1.29, 1.82) is 5.41 Å². The molecule has 1 aromatic rings. The number of anilines is 2. The van der Waals surface area contributed by atoms with Crippen molar-refractivity contribution in [3.8, 4) is 0 Å². The van der Waals surface area contributed by atoms with E-state index in [1.165, 1.54) is 13.1 Å². The summed E-state index contributed by atoms with van der Waals surface area (Å²) in [7, 11) is 1.73. The third-order valence-corrected chi connectivity index (χ3v) is 3.95. The topological polar surface area (TPSA) is 73.3 Å². The van der Waals surface area contributed by atoms with Gasteiger partial charge >= 0.3 is 0 Å². The van der Waals surface area contributed by atoms with Crippen molar-refractivity contribution in [1.82, 2.24) is 0 Å². The molecule has 1 aliphatic rings. The van der Waals surface area contributed by atoms with Crippen LogP contribution >= 0.6 is 11.8 Å². The third kappa shape index (κ3) is 2.78. The van der Waals surface area contributed by atoms with Gasteiger partial charge in [-0.3, -0.25) is 9.59 Å². The van der Waals surface area contributed by atoms with E-state index >= 15 is 0 Å². The second kappa shape index (κ2) is 5.44. The maximum absolute atomic E-state index is 11.8. The minimum atomic E-state index is -0.175. The van der Waals surface area contributed by atoms with Gasteiger partial charge in [0.2, 0.25) is 11.8 Å². The van der Waals surface area contributed by atoms with Gasteiger partial charge in [0.15, 0.2) is 0 Å². The van der Waals surface area contributed by atoms with Crippen molar-refractivity contribution in [3.63, 3.8) is 0 Å². The van der Waals surface area contributed by atoms with E-state index in [0.29, 0.717) is 17.7 Å². The molecule has 0 saturated carbocycles. The number of nitrogens with one attached hydrogen (secondary N) is 2. The first-order valence-corrected chi connectivity index (χ1v) is 6.87. The van der Waals surface area contributed by atoms with E-state index in [2.05, 4.69) is 5.32 Å². The van der Waals surface area contributed by atoms with Gasteiger partial charge in [0, 0.05) is 42.8 Å². The molecule has 1 aromatic carbocycles. The zero-order valence-electron chi connectivity index (χ0n) is 10.8. The van der Waals surface area contributed by atoms with Crippen LogP contribution < -0.4 is 10.2 Å². The monoisotopic (exact) mass is 277 g/mol. The number of amides is 2. The fourth-order valence-corrected chi connectivity index (χ4v) is 2.97. The molecule has 100 valence electrons. The second-order valence-electron chi connectivity index (χ2n) is 4.28. The quantitative estimate of drug-likeness (QED) is 0.813. The van der Waals surface area contributed by atoms with E-state index in [4.69, 9.17) is 5.41 Å². The normalized spacial score (nSPS) is 14.6. The zero-order chi connectivity index (χ0) is 14.0. The molecule has 2 N–H and O–H groups in total. The Bertz CT molecular complexity index is 557. The van der Waals surface area contributed by atoms with E-state index < -0.39 is 0 Å². The zero-order valence-corrected chi connectivity index (χ0v) is 11.6. The molecular formula is C13H15N3O2S.